The summed E-state index contributed by atoms with van der Waals surface area (Å²) in [4.78, 5) is 30.7. The first-order valence-corrected chi connectivity index (χ1v) is 11.5. The molecule has 4 rings (SSSR count). The molecule has 0 amide bonds. The van der Waals surface area contributed by atoms with E-state index >= 15 is 0 Å². The van der Waals surface area contributed by atoms with Crippen LogP contribution >= 0.6 is 11.8 Å². The fourth-order valence-corrected chi connectivity index (χ4v) is 4.32. The molecule has 0 atom stereocenters. The van der Waals surface area contributed by atoms with E-state index in [1.807, 2.05) is 49.4 Å². The Labute approximate surface area is 190 Å². The molecule has 0 aliphatic carbocycles. The summed E-state index contributed by atoms with van der Waals surface area (Å²) in [5, 5.41) is 4.51. The second-order valence-electron chi connectivity index (χ2n) is 7.23. The zero-order valence-corrected chi connectivity index (χ0v) is 18.9. The number of fused-ring (bicyclic) bond motifs is 1. The van der Waals surface area contributed by atoms with Crippen molar-refractivity contribution in [3.63, 3.8) is 0 Å². The van der Waals surface area contributed by atoms with Crippen molar-refractivity contribution >= 4 is 40.2 Å². The fraction of sp³-hybridized carbons (Fsp3) is 0.261. The number of hydrogen-bond acceptors (Lipinski definition) is 8. The molecule has 0 bridgehead atoms. The van der Waals surface area contributed by atoms with Gasteiger partial charge in [0, 0.05) is 12.2 Å². The molecule has 4 aromatic rings. The van der Waals surface area contributed by atoms with E-state index in [1.165, 1.54) is 11.8 Å². The molecule has 9 heteroatoms. The van der Waals surface area contributed by atoms with Crippen LogP contribution in [0, 0.1) is 0 Å². The molecule has 0 aliphatic rings. The number of para-hydroxylation sites is 2. The van der Waals surface area contributed by atoms with E-state index < -0.39 is 0 Å². The molecular formula is C23H25N7OS. The predicted octanol–water partition coefficient (Wildman–Crippen LogP) is 4.17. The quantitative estimate of drug-likeness (QED) is 0.306. The zero-order chi connectivity index (χ0) is 22.5. The van der Waals surface area contributed by atoms with Gasteiger partial charge in [-0.05, 0) is 36.6 Å². The molecule has 0 saturated carbocycles. The first kappa shape index (κ1) is 21.8. The van der Waals surface area contributed by atoms with E-state index in [4.69, 9.17) is 10.7 Å². The van der Waals surface area contributed by atoms with Gasteiger partial charge in [-0.3, -0.25) is 9.36 Å². The van der Waals surface area contributed by atoms with Crippen molar-refractivity contribution in [2.24, 2.45) is 0 Å². The van der Waals surface area contributed by atoms with Crippen molar-refractivity contribution in [2.45, 2.75) is 44.1 Å². The van der Waals surface area contributed by atoms with Crippen molar-refractivity contribution in [1.82, 2.24) is 24.5 Å². The lowest BCUT2D eigenvalue weighted by Gasteiger charge is -2.13. The van der Waals surface area contributed by atoms with Crippen molar-refractivity contribution in [2.75, 3.05) is 11.1 Å². The SMILES string of the molecule is CCCn1c(SCc2nc(N)nc(Nc3ccccc3CC)n2)nc2ccccc2c1=O. The number of nitrogens with two attached hydrogens (primary N) is 1. The van der Waals surface area contributed by atoms with Crippen LogP contribution in [0.25, 0.3) is 10.9 Å². The highest BCUT2D eigenvalue weighted by atomic mass is 32.2. The van der Waals surface area contributed by atoms with Gasteiger partial charge in [0.2, 0.25) is 11.9 Å². The first-order valence-electron chi connectivity index (χ1n) is 10.6. The molecule has 0 spiro atoms. The van der Waals surface area contributed by atoms with Gasteiger partial charge in [-0.25, -0.2) is 4.98 Å². The lowest BCUT2D eigenvalue weighted by atomic mass is 10.1. The summed E-state index contributed by atoms with van der Waals surface area (Å²) in [6.45, 7) is 4.73. The summed E-state index contributed by atoms with van der Waals surface area (Å²) in [5.41, 5.74) is 8.69. The van der Waals surface area contributed by atoms with Crippen LogP contribution in [-0.2, 0) is 18.7 Å². The number of thioether (sulfide) groups is 1. The number of nitrogens with one attached hydrogen (secondary N) is 1. The lowest BCUT2D eigenvalue weighted by Crippen LogP contribution is -2.23. The molecule has 0 radical (unpaired) electrons. The monoisotopic (exact) mass is 447 g/mol. The smallest absolute Gasteiger partial charge is 0.262 e. The topological polar surface area (TPSA) is 112 Å². The largest absolute Gasteiger partial charge is 0.368 e. The number of aromatic nitrogens is 5. The molecule has 0 aliphatic heterocycles. The van der Waals surface area contributed by atoms with Crippen molar-refractivity contribution in [1.29, 1.82) is 0 Å². The molecule has 2 heterocycles. The minimum Gasteiger partial charge on any atom is -0.368 e. The van der Waals surface area contributed by atoms with E-state index in [0.29, 0.717) is 40.1 Å². The third-order valence-corrected chi connectivity index (χ3v) is 5.92. The predicted molar refractivity (Wildman–Crippen MR) is 129 cm³/mol. The third-order valence-electron chi connectivity index (χ3n) is 4.95. The third kappa shape index (κ3) is 4.72. The minimum absolute atomic E-state index is 0.0337. The molecule has 3 N–H and O–H groups in total. The Bertz CT molecular complexity index is 1310. The van der Waals surface area contributed by atoms with Gasteiger partial charge in [0.1, 0.15) is 5.82 Å². The first-order chi connectivity index (χ1) is 15.6. The maximum Gasteiger partial charge on any atom is 0.262 e. The fourth-order valence-electron chi connectivity index (χ4n) is 3.44. The molecular weight excluding hydrogens is 422 g/mol. The van der Waals surface area contributed by atoms with Gasteiger partial charge in [0.25, 0.3) is 5.56 Å². The van der Waals surface area contributed by atoms with Crippen molar-refractivity contribution in [3.05, 3.63) is 70.3 Å². The average molecular weight is 448 g/mol. The Morgan fingerprint density at radius 2 is 1.78 bits per heavy atom. The summed E-state index contributed by atoms with van der Waals surface area (Å²) in [5.74, 6) is 1.46. The molecule has 2 aromatic heterocycles. The zero-order valence-electron chi connectivity index (χ0n) is 18.1. The van der Waals surface area contributed by atoms with Crippen LogP contribution in [0.3, 0.4) is 0 Å². The number of rotatable bonds is 8. The van der Waals surface area contributed by atoms with Crippen LogP contribution in [0.5, 0.6) is 0 Å². The van der Waals surface area contributed by atoms with E-state index in [1.54, 1.807) is 4.57 Å². The average Bonchev–Trinajstić information content (AvgIpc) is 2.80. The summed E-state index contributed by atoms with van der Waals surface area (Å²) < 4.78 is 1.72. The molecule has 0 unspecified atom stereocenters. The van der Waals surface area contributed by atoms with Gasteiger partial charge in [-0.2, -0.15) is 15.0 Å². The van der Waals surface area contributed by atoms with Crippen LogP contribution in [-0.4, -0.2) is 24.5 Å². The van der Waals surface area contributed by atoms with Crippen molar-refractivity contribution in [3.8, 4) is 0 Å². The number of nitrogen functional groups attached to an aromatic ring is 1. The maximum absolute atomic E-state index is 13.0. The van der Waals surface area contributed by atoms with E-state index in [9.17, 15) is 4.79 Å². The highest BCUT2D eigenvalue weighted by Crippen LogP contribution is 2.23. The van der Waals surface area contributed by atoms with Gasteiger partial charge in [-0.15, -0.1) is 0 Å². The normalized spacial score (nSPS) is 11.1. The van der Waals surface area contributed by atoms with Gasteiger partial charge in [0.15, 0.2) is 5.16 Å². The Kier molecular flexibility index (Phi) is 6.65. The molecule has 0 fully saturated rings. The second-order valence-corrected chi connectivity index (χ2v) is 8.17. The van der Waals surface area contributed by atoms with Gasteiger partial charge in [-0.1, -0.05) is 55.9 Å². The summed E-state index contributed by atoms with van der Waals surface area (Å²) in [6, 6.07) is 15.4. The Morgan fingerprint density at radius 1 is 1.00 bits per heavy atom. The van der Waals surface area contributed by atoms with Gasteiger partial charge < -0.3 is 11.1 Å². The second kappa shape index (κ2) is 9.78. The molecule has 0 saturated heterocycles. The number of nitrogens with zero attached hydrogens (tertiary/aromatic N) is 5. The van der Waals surface area contributed by atoms with Crippen molar-refractivity contribution < 1.29 is 0 Å². The molecule has 2 aromatic carbocycles. The van der Waals surface area contributed by atoms with Crippen LogP contribution in [0.4, 0.5) is 17.6 Å². The maximum atomic E-state index is 13.0. The van der Waals surface area contributed by atoms with Gasteiger partial charge in [0.05, 0.1) is 16.7 Å². The van der Waals surface area contributed by atoms with E-state index in [-0.39, 0.29) is 11.5 Å². The summed E-state index contributed by atoms with van der Waals surface area (Å²) >= 11 is 1.42. The number of aryl methyl sites for hydroxylation is 1. The van der Waals surface area contributed by atoms with Gasteiger partial charge >= 0.3 is 0 Å². The number of anilines is 3. The summed E-state index contributed by atoms with van der Waals surface area (Å²) in [7, 11) is 0. The van der Waals surface area contributed by atoms with Crippen LogP contribution < -0.4 is 16.6 Å². The lowest BCUT2D eigenvalue weighted by molar-refractivity contribution is 0.584. The molecule has 164 valence electrons. The number of benzene rings is 2. The van der Waals surface area contributed by atoms with Crippen LogP contribution in [0.15, 0.2) is 58.5 Å². The van der Waals surface area contributed by atoms with Crippen LogP contribution in [0.1, 0.15) is 31.7 Å². The highest BCUT2D eigenvalue weighted by Gasteiger charge is 2.13. The van der Waals surface area contributed by atoms with E-state index in [2.05, 4.69) is 33.3 Å². The highest BCUT2D eigenvalue weighted by molar-refractivity contribution is 7.98. The Morgan fingerprint density at radius 3 is 2.59 bits per heavy atom. The Balaban J connectivity index is 1.61. The van der Waals surface area contributed by atoms with Crippen LogP contribution in [0.2, 0.25) is 0 Å². The number of hydrogen-bond donors (Lipinski definition) is 2. The molecule has 8 nitrogen and oxygen atoms in total. The minimum atomic E-state index is -0.0337. The van der Waals surface area contributed by atoms with E-state index in [0.717, 1.165) is 24.1 Å². The summed E-state index contributed by atoms with van der Waals surface area (Å²) in [6.07, 6.45) is 1.71. The molecule has 32 heavy (non-hydrogen) atoms. The Hall–Kier alpha value is -3.46. The standard InChI is InChI=1S/C23H25N7OS/c1-3-13-30-20(31)16-10-6-8-12-18(16)26-23(30)32-14-19-27-21(24)29-22(28-19)25-17-11-7-5-9-15(17)4-2/h5-12H,3-4,13-14H2,1-2H3,(H3,24,25,27,28,29).